The van der Waals surface area contributed by atoms with Gasteiger partial charge in [-0.05, 0) is 31.7 Å². The third-order valence-electron chi connectivity index (χ3n) is 5.47. The molecule has 1 atom stereocenters. The van der Waals surface area contributed by atoms with Gasteiger partial charge in [0, 0.05) is 42.9 Å². The lowest BCUT2D eigenvalue weighted by atomic mass is 9.92. The van der Waals surface area contributed by atoms with Crippen molar-refractivity contribution in [3.8, 4) is 0 Å². The Balaban J connectivity index is 1.85. The predicted octanol–water partition coefficient (Wildman–Crippen LogP) is 0.0244. The van der Waals surface area contributed by atoms with E-state index in [9.17, 15) is 28.1 Å². The number of benzene rings is 1. The summed E-state index contributed by atoms with van der Waals surface area (Å²) in [6.07, 6.45) is 2.49. The Morgan fingerprint density at radius 1 is 1.20 bits per heavy atom. The van der Waals surface area contributed by atoms with E-state index in [1.54, 1.807) is 0 Å². The van der Waals surface area contributed by atoms with Gasteiger partial charge in [-0.25, -0.2) is 8.42 Å². The first kappa shape index (κ1) is 22.1. The summed E-state index contributed by atoms with van der Waals surface area (Å²) in [6.45, 7) is -0.0324. The maximum absolute atomic E-state index is 13.0. The quantitative estimate of drug-likeness (QED) is 0.484. The summed E-state index contributed by atoms with van der Waals surface area (Å²) in [5.74, 6) is -1.23. The van der Waals surface area contributed by atoms with E-state index in [0.717, 1.165) is 34.4 Å². The normalized spacial score (nSPS) is 25.1. The molecule has 1 unspecified atom stereocenters. The fraction of sp³-hybridized carbons (Fsp3) is 0.556. The minimum absolute atomic E-state index is 0.00221. The van der Waals surface area contributed by atoms with Crippen molar-refractivity contribution in [2.45, 2.75) is 43.9 Å². The summed E-state index contributed by atoms with van der Waals surface area (Å²) in [6, 6.07) is 5.08. The Hall–Kier alpha value is -2.57. The van der Waals surface area contributed by atoms with Crippen molar-refractivity contribution in [1.82, 2.24) is 14.5 Å². The van der Waals surface area contributed by atoms with Gasteiger partial charge in [0.25, 0.3) is 17.5 Å². The number of hydrogen-bond donors (Lipinski definition) is 2. The Morgan fingerprint density at radius 3 is 2.47 bits per heavy atom. The van der Waals surface area contributed by atoms with Crippen LogP contribution in [0.5, 0.6) is 0 Å². The summed E-state index contributed by atoms with van der Waals surface area (Å²) >= 11 is 0. The molecule has 2 amide bonds. The van der Waals surface area contributed by atoms with Crippen molar-refractivity contribution in [3.63, 3.8) is 0 Å². The van der Waals surface area contributed by atoms with Crippen LogP contribution in [0.4, 0.5) is 5.69 Å². The standard InChI is InChI=1S/C18H25N5O6S/c1-30(28,29)22-10-9-21(18(25)12-3-2-4-15(11-12)23(26)27)17(22)16(24)20-14-7-5-13(19)6-8-14/h2-4,11,13-14,17H,5-10,19H2,1H3,(H,20,24). The number of non-ortho nitro benzene ring substituents is 1. The predicted molar refractivity (Wildman–Crippen MR) is 108 cm³/mol. The van der Waals surface area contributed by atoms with Crippen LogP contribution in [0.1, 0.15) is 36.0 Å². The molecule has 1 heterocycles. The lowest BCUT2D eigenvalue weighted by Crippen LogP contribution is -2.55. The minimum atomic E-state index is -3.77. The zero-order valence-corrected chi connectivity index (χ0v) is 17.4. The van der Waals surface area contributed by atoms with Gasteiger partial charge in [0.1, 0.15) is 0 Å². The van der Waals surface area contributed by atoms with E-state index in [1.165, 1.54) is 18.2 Å². The number of hydrogen-bond acceptors (Lipinski definition) is 7. The fourth-order valence-corrected chi connectivity index (χ4v) is 4.88. The molecule has 2 aliphatic rings. The van der Waals surface area contributed by atoms with Gasteiger partial charge in [0.15, 0.2) is 6.17 Å². The highest BCUT2D eigenvalue weighted by atomic mass is 32.2. The summed E-state index contributed by atoms with van der Waals surface area (Å²) < 4.78 is 25.4. The Kier molecular flexibility index (Phi) is 6.38. The van der Waals surface area contributed by atoms with Gasteiger partial charge in [-0.15, -0.1) is 0 Å². The van der Waals surface area contributed by atoms with E-state index < -0.39 is 32.9 Å². The summed E-state index contributed by atoms with van der Waals surface area (Å²) in [4.78, 5) is 37.6. The van der Waals surface area contributed by atoms with Crippen LogP contribution < -0.4 is 11.1 Å². The van der Waals surface area contributed by atoms with Gasteiger partial charge in [0.2, 0.25) is 10.0 Å². The van der Waals surface area contributed by atoms with Crippen LogP contribution in [0, 0.1) is 10.1 Å². The molecule has 2 fully saturated rings. The lowest BCUT2D eigenvalue weighted by molar-refractivity contribution is -0.384. The van der Waals surface area contributed by atoms with Crippen molar-refractivity contribution >= 4 is 27.5 Å². The molecule has 164 valence electrons. The van der Waals surface area contributed by atoms with Crippen molar-refractivity contribution in [2.24, 2.45) is 5.73 Å². The van der Waals surface area contributed by atoms with Crippen LogP contribution in [-0.2, 0) is 14.8 Å². The lowest BCUT2D eigenvalue weighted by Gasteiger charge is -2.32. The number of nitrogens with two attached hydrogens (primary N) is 1. The third-order valence-corrected chi connectivity index (χ3v) is 6.71. The molecule has 1 saturated carbocycles. The van der Waals surface area contributed by atoms with Gasteiger partial charge in [-0.1, -0.05) is 6.07 Å². The van der Waals surface area contributed by atoms with E-state index in [-0.39, 0.29) is 36.4 Å². The van der Waals surface area contributed by atoms with Crippen molar-refractivity contribution in [3.05, 3.63) is 39.9 Å². The summed E-state index contributed by atoms with van der Waals surface area (Å²) in [5, 5.41) is 13.9. The van der Waals surface area contributed by atoms with E-state index in [4.69, 9.17) is 5.73 Å². The molecular weight excluding hydrogens is 414 g/mol. The monoisotopic (exact) mass is 439 g/mol. The Labute approximate surface area is 174 Å². The Morgan fingerprint density at radius 2 is 1.87 bits per heavy atom. The number of nitrogens with zero attached hydrogens (tertiary/aromatic N) is 3. The fourth-order valence-electron chi connectivity index (χ4n) is 3.90. The average molecular weight is 439 g/mol. The number of amides is 2. The highest BCUT2D eigenvalue weighted by Gasteiger charge is 2.45. The smallest absolute Gasteiger partial charge is 0.270 e. The number of nitrogens with one attached hydrogen (secondary N) is 1. The second-order valence-electron chi connectivity index (χ2n) is 7.67. The number of carbonyl (C=O) groups is 2. The highest BCUT2D eigenvalue weighted by Crippen LogP contribution is 2.24. The van der Waals surface area contributed by atoms with Gasteiger partial charge < -0.3 is 16.0 Å². The first-order valence-corrected chi connectivity index (χ1v) is 11.5. The van der Waals surface area contributed by atoms with Gasteiger partial charge in [0.05, 0.1) is 11.2 Å². The SMILES string of the molecule is CS(=O)(=O)N1CCN(C(=O)c2cccc([N+](=O)[O-])c2)C1C(=O)NC1CCC(N)CC1. The van der Waals surface area contributed by atoms with Crippen LogP contribution >= 0.6 is 0 Å². The molecule has 0 radical (unpaired) electrons. The number of nitro benzene ring substituents is 1. The second kappa shape index (κ2) is 8.66. The molecule has 11 nitrogen and oxygen atoms in total. The molecule has 0 spiro atoms. The van der Waals surface area contributed by atoms with Crippen molar-refractivity contribution < 1.29 is 22.9 Å². The molecule has 30 heavy (non-hydrogen) atoms. The first-order valence-electron chi connectivity index (χ1n) is 9.66. The molecular formula is C18H25N5O6S. The minimum Gasteiger partial charge on any atom is -0.350 e. The van der Waals surface area contributed by atoms with Crippen LogP contribution in [0.3, 0.4) is 0 Å². The van der Waals surface area contributed by atoms with Crippen LogP contribution in [0.15, 0.2) is 24.3 Å². The number of nitro groups is 1. The highest BCUT2D eigenvalue weighted by molar-refractivity contribution is 7.88. The zero-order chi connectivity index (χ0) is 22.1. The third kappa shape index (κ3) is 4.77. The second-order valence-corrected chi connectivity index (χ2v) is 9.61. The zero-order valence-electron chi connectivity index (χ0n) is 16.6. The molecule has 1 aliphatic heterocycles. The molecule has 0 bridgehead atoms. The maximum atomic E-state index is 13.0. The maximum Gasteiger partial charge on any atom is 0.270 e. The molecule has 3 rings (SSSR count). The van der Waals surface area contributed by atoms with E-state index in [2.05, 4.69) is 5.32 Å². The van der Waals surface area contributed by atoms with E-state index in [0.29, 0.717) is 12.8 Å². The van der Waals surface area contributed by atoms with E-state index in [1.807, 2.05) is 0 Å². The number of carbonyl (C=O) groups excluding carboxylic acids is 2. The molecule has 1 aliphatic carbocycles. The molecule has 12 heteroatoms. The molecule has 1 saturated heterocycles. The summed E-state index contributed by atoms with van der Waals surface area (Å²) in [5.41, 5.74) is 5.64. The number of rotatable bonds is 5. The first-order chi connectivity index (χ1) is 14.1. The average Bonchev–Trinajstić information content (AvgIpc) is 3.15. The van der Waals surface area contributed by atoms with Crippen molar-refractivity contribution in [2.75, 3.05) is 19.3 Å². The van der Waals surface area contributed by atoms with Crippen LogP contribution in [0.2, 0.25) is 0 Å². The van der Waals surface area contributed by atoms with Gasteiger partial charge in [-0.3, -0.25) is 19.7 Å². The van der Waals surface area contributed by atoms with Gasteiger partial charge >= 0.3 is 0 Å². The molecule has 0 aromatic heterocycles. The topological polar surface area (TPSA) is 156 Å². The molecule has 1 aromatic carbocycles. The summed E-state index contributed by atoms with van der Waals surface area (Å²) in [7, 11) is -3.77. The van der Waals surface area contributed by atoms with Crippen LogP contribution in [0.25, 0.3) is 0 Å². The largest absolute Gasteiger partial charge is 0.350 e. The molecule has 1 aromatic rings. The van der Waals surface area contributed by atoms with Crippen LogP contribution in [-0.4, -0.2) is 72.0 Å². The molecule has 3 N–H and O–H groups in total. The van der Waals surface area contributed by atoms with Gasteiger partial charge in [-0.2, -0.15) is 4.31 Å². The Bertz CT molecular complexity index is 944. The number of sulfonamides is 1. The van der Waals surface area contributed by atoms with E-state index >= 15 is 0 Å². The van der Waals surface area contributed by atoms with Crippen molar-refractivity contribution in [1.29, 1.82) is 0 Å².